The lowest BCUT2D eigenvalue weighted by molar-refractivity contribution is -0.140. The number of hydrogen-bond acceptors (Lipinski definition) is 9. The summed E-state index contributed by atoms with van der Waals surface area (Å²) in [5.74, 6) is -0.798. The average molecular weight is 614 g/mol. The van der Waals surface area contributed by atoms with Crippen LogP contribution in [0.25, 0.3) is 22.1 Å². The number of primary amides is 1. The molecular weight excluding hydrogens is 582 g/mol. The van der Waals surface area contributed by atoms with Crippen molar-refractivity contribution in [2.75, 3.05) is 26.4 Å². The lowest BCUT2D eigenvalue weighted by Crippen LogP contribution is -2.53. The minimum Gasteiger partial charge on any atom is -0.507 e. The molecule has 1 fully saturated rings. The van der Waals surface area contributed by atoms with Gasteiger partial charge in [-0.1, -0.05) is 36.4 Å². The molecule has 6 rings (SSSR count). The van der Waals surface area contributed by atoms with E-state index in [4.69, 9.17) is 24.4 Å². The third-order valence-electron chi connectivity index (χ3n) is 7.86. The first-order valence-electron chi connectivity index (χ1n) is 14.5. The van der Waals surface area contributed by atoms with Gasteiger partial charge in [0.2, 0.25) is 17.2 Å². The molecule has 2 atom stereocenters. The number of nitrogens with zero attached hydrogens (tertiary/aromatic N) is 1. The van der Waals surface area contributed by atoms with Gasteiger partial charge in [-0.05, 0) is 36.1 Å². The number of carbonyl (C=O) groups is 3. The van der Waals surface area contributed by atoms with E-state index in [2.05, 4.69) is 5.32 Å². The minimum absolute atomic E-state index is 0.0446. The number of fused-ring (bicyclic) bond motifs is 2. The quantitative estimate of drug-likeness (QED) is 0.257. The highest BCUT2D eigenvalue weighted by atomic mass is 16.6. The Bertz CT molecular complexity index is 1820. The zero-order chi connectivity index (χ0) is 31.5. The number of ether oxygens (including phenoxy) is 3. The van der Waals surface area contributed by atoms with Gasteiger partial charge < -0.3 is 39.7 Å². The summed E-state index contributed by atoms with van der Waals surface area (Å²) in [6.07, 6.45) is 2.53. The molecule has 0 aliphatic carbocycles. The van der Waals surface area contributed by atoms with Gasteiger partial charge in [0.05, 0.1) is 5.56 Å². The standard InChI is InChI=1S/C33H31N3O9/c34-32(40)23(13-19-5-2-1-3-6-19)35-33(41)24-7-4-10-36(24)29(38)18-44-21-15-25(37)30-28(16-21)45-17-22(31(30)39)20-8-9-26-27(14-20)43-12-11-42-26/h1-3,5-6,8-9,14-17,23-24,37H,4,7,10-13,18H2,(H2,34,40)(H,35,41)/t23-,24-/m0/s1. The Morgan fingerprint density at radius 3 is 2.60 bits per heavy atom. The molecule has 0 unspecified atom stereocenters. The Morgan fingerprint density at radius 2 is 1.82 bits per heavy atom. The molecule has 0 spiro atoms. The van der Waals surface area contributed by atoms with Gasteiger partial charge >= 0.3 is 0 Å². The topological polar surface area (TPSA) is 171 Å². The third kappa shape index (κ3) is 6.26. The first-order valence-corrected chi connectivity index (χ1v) is 14.5. The summed E-state index contributed by atoms with van der Waals surface area (Å²) in [7, 11) is 0. The summed E-state index contributed by atoms with van der Waals surface area (Å²) in [5, 5.41) is 13.4. The van der Waals surface area contributed by atoms with Crippen LogP contribution in [0.3, 0.4) is 0 Å². The Balaban J connectivity index is 1.13. The maximum atomic E-state index is 13.3. The van der Waals surface area contributed by atoms with Crippen molar-refractivity contribution in [2.45, 2.75) is 31.3 Å². The van der Waals surface area contributed by atoms with Gasteiger partial charge in [0.15, 0.2) is 18.1 Å². The molecule has 3 amide bonds. The van der Waals surface area contributed by atoms with E-state index in [1.54, 1.807) is 18.2 Å². The number of aromatic hydroxyl groups is 1. The van der Waals surface area contributed by atoms with Crippen molar-refractivity contribution >= 4 is 28.7 Å². The van der Waals surface area contributed by atoms with Crippen LogP contribution in [0.2, 0.25) is 0 Å². The molecule has 12 nitrogen and oxygen atoms in total. The monoisotopic (exact) mass is 613 g/mol. The minimum atomic E-state index is -0.931. The van der Waals surface area contributed by atoms with Crippen LogP contribution in [0, 0.1) is 0 Å². The third-order valence-corrected chi connectivity index (χ3v) is 7.86. The van der Waals surface area contributed by atoms with Crippen molar-refractivity contribution in [1.29, 1.82) is 0 Å². The molecule has 1 aromatic heterocycles. The molecule has 4 aromatic rings. The van der Waals surface area contributed by atoms with E-state index < -0.39 is 41.8 Å². The van der Waals surface area contributed by atoms with E-state index >= 15 is 0 Å². The summed E-state index contributed by atoms with van der Waals surface area (Å²) in [5.41, 5.74) is 6.75. The fraction of sp³-hybridized carbons (Fsp3) is 0.273. The summed E-state index contributed by atoms with van der Waals surface area (Å²) in [4.78, 5) is 53.0. The lowest BCUT2D eigenvalue weighted by atomic mass is 10.0. The number of hydrogen-bond donors (Lipinski definition) is 3. The van der Waals surface area contributed by atoms with Crippen LogP contribution in [0.1, 0.15) is 18.4 Å². The number of amides is 3. The van der Waals surface area contributed by atoms with Gasteiger partial charge in [-0.15, -0.1) is 0 Å². The Morgan fingerprint density at radius 1 is 1.04 bits per heavy atom. The van der Waals surface area contributed by atoms with Crippen LogP contribution in [-0.4, -0.2) is 66.2 Å². The van der Waals surface area contributed by atoms with E-state index in [0.29, 0.717) is 49.7 Å². The van der Waals surface area contributed by atoms with E-state index in [0.717, 1.165) is 5.56 Å². The molecule has 1 saturated heterocycles. The number of nitrogens with one attached hydrogen (secondary N) is 1. The van der Waals surface area contributed by atoms with Gasteiger partial charge in [-0.25, -0.2) is 0 Å². The van der Waals surface area contributed by atoms with Crippen molar-refractivity contribution < 1.29 is 38.1 Å². The highest BCUT2D eigenvalue weighted by Gasteiger charge is 2.36. The predicted molar refractivity (Wildman–Crippen MR) is 162 cm³/mol. The second-order valence-corrected chi connectivity index (χ2v) is 10.8. The SMILES string of the molecule is NC(=O)[C@H](Cc1ccccc1)NC(=O)[C@@H]1CCCN1C(=O)COc1cc(O)c2c(=O)c(-c3ccc4c(c3)OCCO4)coc2c1. The van der Waals surface area contributed by atoms with Gasteiger partial charge in [0, 0.05) is 25.1 Å². The van der Waals surface area contributed by atoms with Gasteiger partial charge in [-0.2, -0.15) is 0 Å². The molecular formula is C33H31N3O9. The van der Waals surface area contributed by atoms with Gasteiger partial charge in [0.1, 0.15) is 54.0 Å². The van der Waals surface area contributed by atoms with E-state index in [9.17, 15) is 24.3 Å². The number of likely N-dealkylation sites (tertiary alicyclic amines) is 1. The fourth-order valence-electron chi connectivity index (χ4n) is 5.61. The highest BCUT2D eigenvalue weighted by Crippen LogP contribution is 2.35. The Hall–Kier alpha value is -5.52. The summed E-state index contributed by atoms with van der Waals surface area (Å²) >= 11 is 0. The first-order chi connectivity index (χ1) is 21.8. The van der Waals surface area contributed by atoms with Crippen molar-refractivity contribution in [1.82, 2.24) is 10.2 Å². The molecule has 3 heterocycles. The van der Waals surface area contributed by atoms with Crippen LogP contribution in [0.15, 0.2) is 76.1 Å². The smallest absolute Gasteiger partial charge is 0.261 e. The number of rotatable bonds is 9. The number of benzene rings is 3. The molecule has 2 aliphatic rings. The van der Waals surface area contributed by atoms with Crippen LogP contribution in [0.5, 0.6) is 23.0 Å². The zero-order valence-corrected chi connectivity index (χ0v) is 24.2. The van der Waals surface area contributed by atoms with Gasteiger partial charge in [0.25, 0.3) is 5.91 Å². The maximum Gasteiger partial charge on any atom is 0.261 e. The largest absolute Gasteiger partial charge is 0.507 e. The molecule has 2 aliphatic heterocycles. The number of phenolic OH excluding ortho intramolecular Hbond substituents is 1. The molecule has 232 valence electrons. The second kappa shape index (κ2) is 12.6. The Kier molecular flexibility index (Phi) is 8.28. The van der Waals surface area contributed by atoms with Crippen molar-refractivity contribution in [2.24, 2.45) is 5.73 Å². The second-order valence-electron chi connectivity index (χ2n) is 10.8. The van der Waals surface area contributed by atoms with E-state index in [1.807, 2.05) is 30.3 Å². The summed E-state index contributed by atoms with van der Waals surface area (Å²) < 4.78 is 22.5. The molecule has 45 heavy (non-hydrogen) atoms. The fourth-order valence-corrected chi connectivity index (χ4v) is 5.61. The van der Waals surface area contributed by atoms with Crippen molar-refractivity contribution in [3.05, 3.63) is 82.7 Å². The van der Waals surface area contributed by atoms with Crippen molar-refractivity contribution in [3.8, 4) is 34.1 Å². The normalized spacial score (nSPS) is 16.3. The molecule has 0 radical (unpaired) electrons. The summed E-state index contributed by atoms with van der Waals surface area (Å²) in [6, 6.07) is 15.2. The molecule has 3 aromatic carbocycles. The Labute approximate surface area is 257 Å². The average Bonchev–Trinajstić information content (AvgIpc) is 3.54. The predicted octanol–water partition coefficient (Wildman–Crippen LogP) is 2.52. The van der Waals surface area contributed by atoms with Crippen LogP contribution in [-0.2, 0) is 20.8 Å². The zero-order valence-electron chi connectivity index (χ0n) is 24.2. The van der Waals surface area contributed by atoms with Gasteiger partial charge in [-0.3, -0.25) is 19.2 Å². The molecule has 0 bridgehead atoms. The molecule has 0 saturated carbocycles. The van der Waals surface area contributed by atoms with E-state index in [1.165, 1.54) is 23.3 Å². The molecule has 4 N–H and O–H groups in total. The number of phenols is 1. The first kappa shape index (κ1) is 29.5. The van der Waals surface area contributed by atoms with Crippen molar-refractivity contribution in [3.63, 3.8) is 0 Å². The lowest BCUT2D eigenvalue weighted by Gasteiger charge is -2.26. The van der Waals surface area contributed by atoms with Crippen LogP contribution in [0.4, 0.5) is 0 Å². The number of carbonyl (C=O) groups excluding carboxylic acids is 3. The van der Waals surface area contributed by atoms with Crippen LogP contribution < -0.4 is 30.7 Å². The maximum absolute atomic E-state index is 13.3. The number of nitrogens with two attached hydrogens (primary N) is 1. The molecule has 12 heteroatoms. The van der Waals surface area contributed by atoms with E-state index in [-0.39, 0.29) is 34.5 Å². The highest BCUT2D eigenvalue weighted by molar-refractivity contribution is 5.92. The van der Waals surface area contributed by atoms with Crippen LogP contribution >= 0.6 is 0 Å². The summed E-state index contributed by atoms with van der Waals surface area (Å²) in [6.45, 7) is 0.734.